The van der Waals surface area contributed by atoms with Crippen molar-refractivity contribution in [2.75, 3.05) is 23.7 Å². The Bertz CT molecular complexity index is 1050. The van der Waals surface area contributed by atoms with Crippen LogP contribution in [-0.2, 0) is 10.0 Å². The van der Waals surface area contributed by atoms with Crippen LogP contribution in [0.3, 0.4) is 0 Å². The van der Waals surface area contributed by atoms with Crippen LogP contribution in [0.15, 0.2) is 53.4 Å². The minimum absolute atomic E-state index is 0.0589. The first-order valence-electron chi connectivity index (χ1n) is 10.4. The summed E-state index contributed by atoms with van der Waals surface area (Å²) in [6.07, 6.45) is 2.69. The largest absolute Gasteiger partial charge is 0.338 e. The average Bonchev–Trinajstić information content (AvgIpc) is 2.74. The summed E-state index contributed by atoms with van der Waals surface area (Å²) in [5, 5.41) is 8.06. The number of benzene rings is 2. The van der Waals surface area contributed by atoms with E-state index in [9.17, 15) is 18.0 Å². The molecule has 2 aromatic carbocycles. The summed E-state index contributed by atoms with van der Waals surface area (Å²) in [7, 11) is -3.67. The molecule has 1 atom stereocenters. The van der Waals surface area contributed by atoms with Crippen molar-refractivity contribution in [3.63, 3.8) is 0 Å². The number of sulfonamides is 1. The highest BCUT2D eigenvalue weighted by Gasteiger charge is 2.31. The molecule has 1 aliphatic heterocycles. The highest BCUT2D eigenvalue weighted by molar-refractivity contribution is 7.89. The second-order valence-corrected chi connectivity index (χ2v) is 9.40. The Hall–Kier alpha value is -2.91. The van der Waals surface area contributed by atoms with Crippen LogP contribution in [-0.4, -0.2) is 43.8 Å². The summed E-state index contributed by atoms with van der Waals surface area (Å²) in [5.41, 5.74) is 1.25. The van der Waals surface area contributed by atoms with Gasteiger partial charge in [-0.3, -0.25) is 4.79 Å². The Morgan fingerprint density at radius 1 is 1.03 bits per heavy atom. The number of nitrogens with zero attached hydrogens (tertiary/aromatic N) is 1. The van der Waals surface area contributed by atoms with E-state index in [0.29, 0.717) is 24.5 Å². The number of carbonyl (C=O) groups excluding carboxylic acids is 2. The first-order chi connectivity index (χ1) is 14.8. The molecule has 2 aromatic rings. The van der Waals surface area contributed by atoms with Gasteiger partial charge in [-0.25, -0.2) is 13.2 Å². The molecule has 1 aliphatic rings. The minimum Gasteiger partial charge on any atom is -0.338 e. The van der Waals surface area contributed by atoms with E-state index < -0.39 is 15.9 Å². The third kappa shape index (κ3) is 5.62. The van der Waals surface area contributed by atoms with Gasteiger partial charge in [0, 0.05) is 36.1 Å². The minimum atomic E-state index is -3.67. The molecule has 31 heavy (non-hydrogen) atoms. The molecule has 0 spiro atoms. The normalized spacial score (nSPS) is 17.0. The van der Waals surface area contributed by atoms with Gasteiger partial charge >= 0.3 is 6.03 Å². The number of rotatable bonds is 6. The molecule has 3 N–H and O–H groups in total. The lowest BCUT2D eigenvalue weighted by atomic mass is 10.1. The maximum absolute atomic E-state index is 13.1. The number of hydrogen-bond donors (Lipinski definition) is 3. The van der Waals surface area contributed by atoms with Crippen LogP contribution < -0.4 is 16.0 Å². The molecule has 0 aromatic heterocycles. The molecular weight excluding hydrogens is 416 g/mol. The number of nitrogens with one attached hydrogen (secondary N) is 3. The maximum atomic E-state index is 13.1. The lowest BCUT2D eigenvalue weighted by molar-refractivity contribution is 0.102. The van der Waals surface area contributed by atoms with E-state index in [4.69, 9.17) is 0 Å². The summed E-state index contributed by atoms with van der Waals surface area (Å²) in [6.45, 7) is 4.72. The fourth-order valence-electron chi connectivity index (χ4n) is 3.58. The van der Waals surface area contributed by atoms with Crippen LogP contribution in [0, 0.1) is 0 Å². The van der Waals surface area contributed by atoms with Gasteiger partial charge in [0.05, 0.1) is 4.90 Å². The summed E-state index contributed by atoms with van der Waals surface area (Å²) < 4.78 is 27.7. The van der Waals surface area contributed by atoms with E-state index in [1.807, 2.05) is 13.8 Å². The molecule has 0 bridgehead atoms. The zero-order chi connectivity index (χ0) is 22.4. The summed E-state index contributed by atoms with van der Waals surface area (Å²) >= 11 is 0. The van der Waals surface area contributed by atoms with Gasteiger partial charge in [-0.1, -0.05) is 18.6 Å². The van der Waals surface area contributed by atoms with Crippen LogP contribution in [0.5, 0.6) is 0 Å². The zero-order valence-electron chi connectivity index (χ0n) is 17.7. The maximum Gasteiger partial charge on any atom is 0.319 e. The predicted octanol–water partition coefficient (Wildman–Crippen LogP) is 3.64. The Morgan fingerprint density at radius 2 is 1.74 bits per heavy atom. The topological polar surface area (TPSA) is 108 Å². The van der Waals surface area contributed by atoms with Crippen LogP contribution in [0.2, 0.25) is 0 Å². The molecule has 0 saturated carbocycles. The SMILES string of the molecule is CCNC(=O)Nc1cccc(NC(=O)c2cccc(S(=O)(=O)N3CCCCC3C)c2)c1. The molecule has 1 saturated heterocycles. The van der Waals surface area contributed by atoms with E-state index in [0.717, 1.165) is 19.3 Å². The van der Waals surface area contributed by atoms with Crippen LogP contribution in [0.25, 0.3) is 0 Å². The molecular formula is C22H28N4O4S. The molecule has 0 radical (unpaired) electrons. The Balaban J connectivity index is 1.76. The van der Waals surface area contributed by atoms with Crippen molar-refractivity contribution < 1.29 is 18.0 Å². The van der Waals surface area contributed by atoms with Gasteiger partial charge in [0.2, 0.25) is 10.0 Å². The van der Waals surface area contributed by atoms with Crippen molar-refractivity contribution in [3.05, 3.63) is 54.1 Å². The highest BCUT2D eigenvalue weighted by atomic mass is 32.2. The molecule has 9 heteroatoms. The molecule has 3 rings (SSSR count). The predicted molar refractivity (Wildman–Crippen MR) is 121 cm³/mol. The fraction of sp³-hybridized carbons (Fsp3) is 0.364. The molecule has 1 heterocycles. The van der Waals surface area contributed by atoms with Crippen LogP contribution >= 0.6 is 0 Å². The fourth-order valence-corrected chi connectivity index (χ4v) is 5.32. The van der Waals surface area contributed by atoms with Crippen LogP contribution in [0.1, 0.15) is 43.5 Å². The van der Waals surface area contributed by atoms with Gasteiger partial charge in [0.25, 0.3) is 5.91 Å². The van der Waals surface area contributed by atoms with Crippen molar-refractivity contribution in [2.45, 2.75) is 44.0 Å². The highest BCUT2D eigenvalue weighted by Crippen LogP contribution is 2.26. The van der Waals surface area contributed by atoms with E-state index in [1.165, 1.54) is 16.4 Å². The first kappa shape index (κ1) is 22.8. The lowest BCUT2D eigenvalue weighted by Gasteiger charge is -2.32. The lowest BCUT2D eigenvalue weighted by Crippen LogP contribution is -2.41. The first-order valence-corrected chi connectivity index (χ1v) is 11.8. The van der Waals surface area contributed by atoms with E-state index in [2.05, 4.69) is 16.0 Å². The van der Waals surface area contributed by atoms with Gasteiger partial charge in [-0.15, -0.1) is 0 Å². The number of carbonyl (C=O) groups is 2. The second-order valence-electron chi connectivity index (χ2n) is 7.51. The van der Waals surface area contributed by atoms with Crippen molar-refractivity contribution in [1.29, 1.82) is 0 Å². The van der Waals surface area contributed by atoms with Gasteiger partial charge in [0.1, 0.15) is 0 Å². The van der Waals surface area contributed by atoms with Gasteiger partial charge < -0.3 is 16.0 Å². The standard InChI is InChI=1S/C22H28N4O4S/c1-3-23-22(28)25-19-11-7-10-18(15-19)24-21(27)17-9-6-12-20(14-17)31(29,30)26-13-5-4-8-16(26)2/h6-7,9-12,14-16H,3-5,8,13H2,1-2H3,(H,24,27)(H2,23,25,28). The molecule has 1 fully saturated rings. The van der Waals surface area contributed by atoms with Gasteiger partial charge in [-0.05, 0) is 63.1 Å². The van der Waals surface area contributed by atoms with Gasteiger partial charge in [-0.2, -0.15) is 4.31 Å². The summed E-state index contributed by atoms with van der Waals surface area (Å²) in [6, 6.07) is 12.4. The third-order valence-corrected chi connectivity index (χ3v) is 7.17. The quantitative estimate of drug-likeness (QED) is 0.632. The smallest absolute Gasteiger partial charge is 0.319 e. The Labute approximate surface area is 183 Å². The van der Waals surface area contributed by atoms with Crippen molar-refractivity contribution in [3.8, 4) is 0 Å². The van der Waals surface area contributed by atoms with Gasteiger partial charge in [0.15, 0.2) is 0 Å². The number of amides is 3. The molecule has 3 amide bonds. The van der Waals surface area contributed by atoms with Crippen molar-refractivity contribution >= 4 is 33.3 Å². The Morgan fingerprint density at radius 3 is 2.45 bits per heavy atom. The summed E-state index contributed by atoms with van der Waals surface area (Å²) in [5.74, 6) is -0.432. The molecule has 1 unspecified atom stereocenters. The monoisotopic (exact) mass is 444 g/mol. The zero-order valence-corrected chi connectivity index (χ0v) is 18.5. The molecule has 8 nitrogen and oxygen atoms in total. The molecule has 0 aliphatic carbocycles. The summed E-state index contributed by atoms with van der Waals surface area (Å²) in [4.78, 5) is 24.5. The second kappa shape index (κ2) is 9.93. The van der Waals surface area contributed by atoms with Crippen molar-refractivity contribution in [1.82, 2.24) is 9.62 Å². The average molecular weight is 445 g/mol. The number of piperidine rings is 1. The molecule has 166 valence electrons. The van der Waals surface area contributed by atoms with Crippen LogP contribution in [0.4, 0.5) is 16.2 Å². The Kier molecular flexibility index (Phi) is 7.29. The van der Waals surface area contributed by atoms with E-state index in [1.54, 1.807) is 36.4 Å². The number of anilines is 2. The van der Waals surface area contributed by atoms with E-state index in [-0.39, 0.29) is 22.5 Å². The van der Waals surface area contributed by atoms with Crippen molar-refractivity contribution in [2.24, 2.45) is 0 Å². The number of urea groups is 1. The number of hydrogen-bond acceptors (Lipinski definition) is 4. The van der Waals surface area contributed by atoms with E-state index >= 15 is 0 Å². The third-order valence-electron chi connectivity index (χ3n) is 5.16.